The number of piperidine rings is 1. The topological polar surface area (TPSA) is 68.5 Å². The van der Waals surface area contributed by atoms with Crippen molar-refractivity contribution in [1.82, 2.24) is 9.88 Å². The van der Waals surface area contributed by atoms with Crippen molar-refractivity contribution in [2.75, 3.05) is 18.8 Å². The van der Waals surface area contributed by atoms with Crippen LogP contribution in [0.3, 0.4) is 0 Å². The minimum Gasteiger partial charge on any atom is -0.490 e. The maximum absolute atomic E-state index is 11.4. The first-order valence-electron chi connectivity index (χ1n) is 7.62. The van der Waals surface area contributed by atoms with E-state index in [9.17, 15) is 4.79 Å². The Morgan fingerprint density at radius 1 is 1.36 bits per heavy atom. The SMILES string of the molecule is CC(=O)N1CCC(Oc2cccc3nc(C)cc(N)c23)CC1. The highest BCUT2D eigenvalue weighted by Crippen LogP contribution is 2.32. The van der Waals surface area contributed by atoms with Crippen molar-refractivity contribution in [3.63, 3.8) is 0 Å². The second kappa shape index (κ2) is 5.83. The van der Waals surface area contributed by atoms with E-state index in [0.717, 1.165) is 48.3 Å². The zero-order chi connectivity index (χ0) is 15.7. The van der Waals surface area contributed by atoms with Crippen LogP contribution in [0.1, 0.15) is 25.5 Å². The van der Waals surface area contributed by atoms with Crippen LogP contribution < -0.4 is 10.5 Å². The third-order valence-electron chi connectivity index (χ3n) is 4.14. The molecule has 1 aromatic heterocycles. The number of hydrogen-bond acceptors (Lipinski definition) is 4. The lowest BCUT2D eigenvalue weighted by molar-refractivity contribution is -0.130. The van der Waals surface area contributed by atoms with Gasteiger partial charge in [0.2, 0.25) is 5.91 Å². The predicted molar refractivity (Wildman–Crippen MR) is 86.8 cm³/mol. The highest BCUT2D eigenvalue weighted by Gasteiger charge is 2.22. The fraction of sp³-hybridized carbons (Fsp3) is 0.412. The lowest BCUT2D eigenvalue weighted by Gasteiger charge is -2.31. The molecule has 0 radical (unpaired) electrons. The minimum atomic E-state index is 0.113. The fourth-order valence-corrected chi connectivity index (χ4v) is 2.99. The zero-order valence-corrected chi connectivity index (χ0v) is 13.0. The molecule has 1 saturated heterocycles. The van der Waals surface area contributed by atoms with Gasteiger partial charge in [0.05, 0.1) is 10.9 Å². The molecule has 0 saturated carbocycles. The van der Waals surface area contributed by atoms with E-state index in [0.29, 0.717) is 5.69 Å². The molecular weight excluding hydrogens is 278 g/mol. The number of carbonyl (C=O) groups is 1. The molecule has 3 rings (SSSR count). The van der Waals surface area contributed by atoms with Gasteiger partial charge in [-0.05, 0) is 25.1 Å². The Morgan fingerprint density at radius 2 is 2.09 bits per heavy atom. The quantitative estimate of drug-likeness (QED) is 0.925. The average Bonchev–Trinajstić information content (AvgIpc) is 2.47. The van der Waals surface area contributed by atoms with Crippen molar-refractivity contribution >= 4 is 22.5 Å². The van der Waals surface area contributed by atoms with Crippen LogP contribution in [0.15, 0.2) is 24.3 Å². The van der Waals surface area contributed by atoms with E-state index in [2.05, 4.69) is 4.98 Å². The number of amides is 1. The Labute approximate surface area is 130 Å². The van der Waals surface area contributed by atoms with E-state index in [4.69, 9.17) is 10.5 Å². The van der Waals surface area contributed by atoms with E-state index < -0.39 is 0 Å². The summed E-state index contributed by atoms with van der Waals surface area (Å²) >= 11 is 0. The van der Waals surface area contributed by atoms with Crippen molar-refractivity contribution in [1.29, 1.82) is 0 Å². The Kier molecular flexibility index (Phi) is 3.88. The van der Waals surface area contributed by atoms with Gasteiger partial charge >= 0.3 is 0 Å². The highest BCUT2D eigenvalue weighted by atomic mass is 16.5. The average molecular weight is 299 g/mol. The molecule has 0 spiro atoms. The zero-order valence-electron chi connectivity index (χ0n) is 13.0. The van der Waals surface area contributed by atoms with Gasteiger partial charge in [-0.2, -0.15) is 0 Å². The number of rotatable bonds is 2. The summed E-state index contributed by atoms with van der Waals surface area (Å²) in [7, 11) is 0. The number of aryl methyl sites for hydroxylation is 1. The third kappa shape index (κ3) is 2.84. The first-order valence-corrected chi connectivity index (χ1v) is 7.62. The predicted octanol–water partition coefficient (Wildman–Crippen LogP) is 2.52. The molecular formula is C17H21N3O2. The van der Waals surface area contributed by atoms with E-state index >= 15 is 0 Å². The number of nitrogens with two attached hydrogens (primary N) is 1. The van der Waals surface area contributed by atoms with Gasteiger partial charge < -0.3 is 15.4 Å². The molecule has 1 aliphatic heterocycles. The van der Waals surface area contributed by atoms with E-state index in [1.54, 1.807) is 6.92 Å². The Morgan fingerprint density at radius 3 is 2.77 bits per heavy atom. The number of ether oxygens (including phenoxy) is 1. The molecule has 1 amide bonds. The standard InChI is InChI=1S/C17H21N3O2/c1-11-10-14(18)17-15(19-11)4-3-5-16(17)22-13-6-8-20(9-7-13)12(2)21/h3-5,10,13H,6-9H2,1-2H3,(H2,18,19). The number of hydrogen-bond donors (Lipinski definition) is 1. The molecule has 1 fully saturated rings. The fourth-order valence-electron chi connectivity index (χ4n) is 2.99. The number of fused-ring (bicyclic) bond motifs is 1. The summed E-state index contributed by atoms with van der Waals surface area (Å²) in [5, 5.41) is 0.877. The second-order valence-corrected chi connectivity index (χ2v) is 5.83. The molecule has 22 heavy (non-hydrogen) atoms. The summed E-state index contributed by atoms with van der Waals surface area (Å²) < 4.78 is 6.16. The monoisotopic (exact) mass is 299 g/mol. The molecule has 0 unspecified atom stereocenters. The van der Waals surface area contributed by atoms with Gasteiger partial charge in [0.1, 0.15) is 11.9 Å². The van der Waals surface area contributed by atoms with Crippen LogP contribution in [-0.2, 0) is 4.79 Å². The number of carbonyl (C=O) groups excluding carboxylic acids is 1. The molecule has 2 heterocycles. The van der Waals surface area contributed by atoms with Gasteiger partial charge in [-0.1, -0.05) is 6.07 Å². The number of pyridine rings is 1. The summed E-state index contributed by atoms with van der Waals surface area (Å²) in [5.41, 5.74) is 8.60. The summed E-state index contributed by atoms with van der Waals surface area (Å²) in [6.45, 7) is 5.04. The van der Waals surface area contributed by atoms with E-state index in [1.165, 1.54) is 0 Å². The largest absolute Gasteiger partial charge is 0.490 e. The van der Waals surface area contributed by atoms with E-state index in [-0.39, 0.29) is 12.0 Å². The van der Waals surface area contributed by atoms with Crippen LogP contribution in [0.2, 0.25) is 0 Å². The van der Waals surface area contributed by atoms with Crippen LogP contribution in [0.4, 0.5) is 5.69 Å². The van der Waals surface area contributed by atoms with Gasteiger partial charge in [-0.15, -0.1) is 0 Å². The molecule has 2 aromatic rings. The molecule has 5 heteroatoms. The van der Waals surface area contributed by atoms with Crippen LogP contribution in [0.25, 0.3) is 10.9 Å². The van der Waals surface area contributed by atoms with Gasteiger partial charge in [0.15, 0.2) is 0 Å². The van der Waals surface area contributed by atoms with Gasteiger partial charge in [-0.25, -0.2) is 0 Å². The van der Waals surface area contributed by atoms with Crippen molar-refractivity contribution < 1.29 is 9.53 Å². The number of nitrogen functional groups attached to an aromatic ring is 1. The smallest absolute Gasteiger partial charge is 0.219 e. The first-order chi connectivity index (χ1) is 10.5. The van der Waals surface area contributed by atoms with Gasteiger partial charge in [0, 0.05) is 44.2 Å². The lowest BCUT2D eigenvalue weighted by Crippen LogP contribution is -2.40. The third-order valence-corrected chi connectivity index (χ3v) is 4.14. The Bertz CT molecular complexity index is 706. The summed E-state index contributed by atoms with van der Waals surface area (Å²) in [4.78, 5) is 17.8. The van der Waals surface area contributed by atoms with Crippen molar-refractivity contribution in [2.45, 2.75) is 32.8 Å². The summed E-state index contributed by atoms with van der Waals surface area (Å²) in [5.74, 6) is 0.913. The Balaban J connectivity index is 1.82. The van der Waals surface area contributed by atoms with Crippen LogP contribution in [0.5, 0.6) is 5.75 Å². The molecule has 116 valence electrons. The number of aromatic nitrogens is 1. The van der Waals surface area contributed by atoms with Gasteiger partial charge in [-0.3, -0.25) is 9.78 Å². The molecule has 5 nitrogen and oxygen atoms in total. The maximum Gasteiger partial charge on any atom is 0.219 e. The number of nitrogens with zero attached hydrogens (tertiary/aromatic N) is 2. The number of anilines is 1. The van der Waals surface area contributed by atoms with Gasteiger partial charge in [0.25, 0.3) is 0 Å². The molecule has 0 atom stereocenters. The molecule has 0 bridgehead atoms. The summed E-state index contributed by atoms with van der Waals surface area (Å²) in [6.07, 6.45) is 1.80. The maximum atomic E-state index is 11.4. The summed E-state index contributed by atoms with van der Waals surface area (Å²) in [6, 6.07) is 7.69. The second-order valence-electron chi connectivity index (χ2n) is 5.83. The highest BCUT2D eigenvalue weighted by molar-refractivity contribution is 5.95. The number of likely N-dealkylation sites (tertiary alicyclic amines) is 1. The van der Waals surface area contributed by atoms with Crippen molar-refractivity contribution in [3.8, 4) is 5.75 Å². The molecule has 1 aliphatic rings. The molecule has 1 aromatic carbocycles. The first kappa shape index (κ1) is 14.6. The van der Waals surface area contributed by atoms with Crippen molar-refractivity contribution in [2.24, 2.45) is 0 Å². The van der Waals surface area contributed by atoms with Crippen LogP contribution in [-0.4, -0.2) is 35.0 Å². The minimum absolute atomic E-state index is 0.113. The van der Waals surface area contributed by atoms with Crippen LogP contribution in [0, 0.1) is 6.92 Å². The molecule has 0 aliphatic carbocycles. The normalized spacial score (nSPS) is 16.0. The van der Waals surface area contributed by atoms with E-state index in [1.807, 2.05) is 36.1 Å². The molecule has 2 N–H and O–H groups in total. The van der Waals surface area contributed by atoms with Crippen LogP contribution >= 0.6 is 0 Å². The number of benzene rings is 1. The van der Waals surface area contributed by atoms with Crippen molar-refractivity contribution in [3.05, 3.63) is 30.0 Å². The Hall–Kier alpha value is -2.30. The lowest BCUT2D eigenvalue weighted by atomic mass is 10.1.